The van der Waals surface area contributed by atoms with Crippen molar-refractivity contribution in [2.24, 2.45) is 5.92 Å². The molecule has 0 spiro atoms. The smallest absolute Gasteiger partial charge is 0.157 e. The van der Waals surface area contributed by atoms with Crippen LogP contribution < -0.4 is 4.90 Å². The first-order valence-electron chi connectivity index (χ1n) is 5.93. The summed E-state index contributed by atoms with van der Waals surface area (Å²) in [5.41, 5.74) is 0.913. The molecule has 2 aromatic heterocycles. The van der Waals surface area contributed by atoms with E-state index in [9.17, 15) is 0 Å². The van der Waals surface area contributed by atoms with Gasteiger partial charge < -0.3 is 4.90 Å². The second-order valence-electron chi connectivity index (χ2n) is 4.65. The summed E-state index contributed by atoms with van der Waals surface area (Å²) in [5.74, 6) is 1.72. The van der Waals surface area contributed by atoms with Crippen LogP contribution in [0.5, 0.6) is 0 Å². The van der Waals surface area contributed by atoms with Gasteiger partial charge in [0.2, 0.25) is 0 Å². The monoisotopic (exact) mass is 294 g/mol. The Morgan fingerprint density at radius 3 is 3.12 bits per heavy atom. The Morgan fingerprint density at radius 1 is 1.41 bits per heavy atom. The first-order chi connectivity index (χ1) is 8.24. The van der Waals surface area contributed by atoms with Gasteiger partial charge in [0.15, 0.2) is 5.65 Å². The number of piperidine rings is 1. The van der Waals surface area contributed by atoms with Crippen LogP contribution in [0.15, 0.2) is 24.5 Å². The summed E-state index contributed by atoms with van der Waals surface area (Å²) >= 11 is 3.73. The predicted octanol–water partition coefficient (Wildman–Crippen LogP) is 2.34. The van der Waals surface area contributed by atoms with Gasteiger partial charge in [-0.25, -0.2) is 9.50 Å². The lowest BCUT2D eigenvalue weighted by Crippen LogP contribution is -2.40. The van der Waals surface area contributed by atoms with E-state index < -0.39 is 0 Å². The average molecular weight is 295 g/mol. The van der Waals surface area contributed by atoms with Crippen molar-refractivity contribution < 1.29 is 0 Å². The molecule has 1 aliphatic rings. The van der Waals surface area contributed by atoms with Gasteiger partial charge >= 0.3 is 0 Å². The number of rotatable bonds is 1. The highest BCUT2D eigenvalue weighted by Gasteiger charge is 2.24. The number of alkyl halides is 1. The number of aromatic nitrogens is 3. The van der Waals surface area contributed by atoms with Crippen LogP contribution in [0.25, 0.3) is 5.65 Å². The summed E-state index contributed by atoms with van der Waals surface area (Å²) in [6, 6.07) is 3.98. The van der Waals surface area contributed by atoms with Gasteiger partial charge in [-0.15, -0.1) is 0 Å². The number of nitrogens with zero attached hydrogens (tertiary/aromatic N) is 4. The minimum absolute atomic E-state index is 0.637. The first-order valence-corrected chi connectivity index (χ1v) is 6.85. The molecule has 0 N–H and O–H groups in total. The Balaban J connectivity index is 1.88. The number of hydrogen-bond donors (Lipinski definition) is 0. The van der Waals surface area contributed by atoms with Crippen molar-refractivity contribution in [2.45, 2.75) is 18.2 Å². The molecule has 17 heavy (non-hydrogen) atoms. The third-order valence-corrected chi connectivity index (χ3v) is 4.73. The van der Waals surface area contributed by atoms with Crippen molar-refractivity contribution in [3.05, 3.63) is 24.5 Å². The first kappa shape index (κ1) is 11.0. The Kier molecular flexibility index (Phi) is 2.78. The zero-order valence-electron chi connectivity index (χ0n) is 9.75. The van der Waals surface area contributed by atoms with E-state index in [2.05, 4.69) is 37.8 Å². The maximum Gasteiger partial charge on any atom is 0.157 e. The molecule has 0 aliphatic carbocycles. The molecule has 2 atom stereocenters. The van der Waals surface area contributed by atoms with Crippen LogP contribution in [0.3, 0.4) is 0 Å². The fraction of sp³-hybridized carbons (Fsp3) is 0.500. The van der Waals surface area contributed by atoms with Gasteiger partial charge in [0.1, 0.15) is 5.82 Å². The van der Waals surface area contributed by atoms with Gasteiger partial charge in [-0.3, -0.25) is 0 Å². The molecule has 2 aromatic rings. The van der Waals surface area contributed by atoms with E-state index in [4.69, 9.17) is 0 Å². The molecule has 0 bridgehead atoms. The minimum atomic E-state index is 0.637. The summed E-state index contributed by atoms with van der Waals surface area (Å²) in [6.07, 6.45) is 4.93. The maximum atomic E-state index is 4.63. The quantitative estimate of drug-likeness (QED) is 0.757. The molecule has 0 saturated carbocycles. The van der Waals surface area contributed by atoms with Crippen LogP contribution in [0.4, 0.5) is 5.82 Å². The van der Waals surface area contributed by atoms with Crippen LogP contribution in [0.2, 0.25) is 0 Å². The third-order valence-electron chi connectivity index (χ3n) is 3.37. The lowest BCUT2D eigenvalue weighted by Gasteiger charge is -2.35. The van der Waals surface area contributed by atoms with Gasteiger partial charge in [0.25, 0.3) is 0 Å². The Morgan fingerprint density at radius 2 is 2.29 bits per heavy atom. The minimum Gasteiger partial charge on any atom is -0.356 e. The molecular formula is C12H15BrN4. The second-order valence-corrected chi connectivity index (χ2v) is 5.82. The molecule has 90 valence electrons. The molecule has 3 rings (SSSR count). The molecule has 5 heteroatoms. The van der Waals surface area contributed by atoms with E-state index in [0.717, 1.165) is 24.6 Å². The maximum absolute atomic E-state index is 4.63. The largest absolute Gasteiger partial charge is 0.356 e. The number of halogens is 1. The standard InChI is InChI=1S/C12H15BrN4/c1-9-8-16(6-3-10(9)13)11-4-7-17-12(15-11)2-5-14-17/h2,4-5,7,9-10H,3,6,8H2,1H3. The van der Waals surface area contributed by atoms with Crippen LogP contribution in [0.1, 0.15) is 13.3 Å². The van der Waals surface area contributed by atoms with Gasteiger partial charge in [-0.2, -0.15) is 5.10 Å². The van der Waals surface area contributed by atoms with Crippen molar-refractivity contribution >= 4 is 27.4 Å². The van der Waals surface area contributed by atoms with Crippen LogP contribution >= 0.6 is 15.9 Å². The fourth-order valence-corrected chi connectivity index (χ4v) is 2.68. The predicted molar refractivity (Wildman–Crippen MR) is 71.7 cm³/mol. The molecule has 1 aliphatic heterocycles. The summed E-state index contributed by atoms with van der Waals surface area (Å²) < 4.78 is 1.80. The van der Waals surface area contributed by atoms with E-state index in [0.29, 0.717) is 10.7 Å². The van der Waals surface area contributed by atoms with Crippen LogP contribution in [-0.4, -0.2) is 32.5 Å². The van der Waals surface area contributed by atoms with Gasteiger partial charge in [0.05, 0.1) is 6.20 Å². The van der Waals surface area contributed by atoms with Crippen molar-refractivity contribution in [1.82, 2.24) is 14.6 Å². The Labute approximate surface area is 109 Å². The lowest BCUT2D eigenvalue weighted by atomic mass is 10.0. The fourth-order valence-electron chi connectivity index (χ4n) is 2.30. The van der Waals surface area contributed by atoms with E-state index in [1.54, 1.807) is 10.7 Å². The number of fused-ring (bicyclic) bond motifs is 1. The van der Waals surface area contributed by atoms with Gasteiger partial charge in [-0.1, -0.05) is 22.9 Å². The summed E-state index contributed by atoms with van der Waals surface area (Å²) in [4.78, 5) is 7.62. The zero-order valence-corrected chi connectivity index (χ0v) is 11.3. The molecule has 0 radical (unpaired) electrons. The summed E-state index contributed by atoms with van der Waals surface area (Å²) in [5, 5.41) is 4.16. The highest BCUT2D eigenvalue weighted by molar-refractivity contribution is 9.09. The number of anilines is 1. The third kappa shape index (κ3) is 2.04. The molecule has 0 aromatic carbocycles. The molecule has 1 saturated heterocycles. The highest BCUT2D eigenvalue weighted by Crippen LogP contribution is 2.26. The van der Waals surface area contributed by atoms with E-state index in [1.807, 2.05) is 18.3 Å². The number of hydrogen-bond acceptors (Lipinski definition) is 3. The van der Waals surface area contributed by atoms with Crippen LogP contribution in [-0.2, 0) is 0 Å². The Bertz CT molecular complexity index is 524. The van der Waals surface area contributed by atoms with Crippen molar-refractivity contribution in [2.75, 3.05) is 18.0 Å². The van der Waals surface area contributed by atoms with E-state index >= 15 is 0 Å². The Hall–Kier alpha value is -1.10. The zero-order chi connectivity index (χ0) is 11.8. The van der Waals surface area contributed by atoms with E-state index in [1.165, 1.54) is 6.42 Å². The molecular weight excluding hydrogens is 280 g/mol. The molecule has 0 amide bonds. The topological polar surface area (TPSA) is 33.4 Å². The second kappa shape index (κ2) is 4.29. The van der Waals surface area contributed by atoms with E-state index in [-0.39, 0.29) is 0 Å². The van der Waals surface area contributed by atoms with Crippen molar-refractivity contribution in [1.29, 1.82) is 0 Å². The summed E-state index contributed by atoms with van der Waals surface area (Å²) in [7, 11) is 0. The van der Waals surface area contributed by atoms with Crippen LogP contribution in [0, 0.1) is 5.92 Å². The summed E-state index contributed by atoms with van der Waals surface area (Å²) in [6.45, 7) is 4.41. The van der Waals surface area contributed by atoms with Crippen molar-refractivity contribution in [3.63, 3.8) is 0 Å². The molecule has 4 nitrogen and oxygen atoms in total. The molecule has 1 fully saturated rings. The highest BCUT2D eigenvalue weighted by atomic mass is 79.9. The molecule has 2 unspecified atom stereocenters. The normalized spacial score (nSPS) is 25.4. The van der Waals surface area contributed by atoms with Gasteiger partial charge in [0, 0.05) is 30.2 Å². The average Bonchev–Trinajstić information content (AvgIpc) is 2.79. The van der Waals surface area contributed by atoms with Crippen molar-refractivity contribution in [3.8, 4) is 0 Å². The van der Waals surface area contributed by atoms with Gasteiger partial charge in [-0.05, 0) is 18.4 Å². The SMILES string of the molecule is CC1CN(c2ccn3nccc3n2)CCC1Br. The lowest BCUT2D eigenvalue weighted by molar-refractivity contribution is 0.464. The molecule has 3 heterocycles.